The summed E-state index contributed by atoms with van der Waals surface area (Å²) < 4.78 is 2.03. The summed E-state index contributed by atoms with van der Waals surface area (Å²) in [4.78, 5) is 9.22. The molecule has 2 heterocycles. The number of guanidine groups is 1. The van der Waals surface area contributed by atoms with Gasteiger partial charge < -0.3 is 15.7 Å². The standard InChI is InChI=1S/C17H30N6O/c1-4-18-16(19-11-17(24)8-5-9-17)20-13-6-7-14-21-15(12(2)3)22-23(14)10-13/h12-13,24H,4-11H2,1-3H3,(H2,18,19,20). The largest absolute Gasteiger partial charge is 0.388 e. The molecule has 0 spiro atoms. The number of aliphatic imine (C=N–C) groups is 1. The van der Waals surface area contributed by atoms with Crippen molar-refractivity contribution in [2.45, 2.75) is 77.0 Å². The molecule has 24 heavy (non-hydrogen) atoms. The molecule has 1 unspecified atom stereocenters. The van der Waals surface area contributed by atoms with Crippen LogP contribution in [0.2, 0.25) is 0 Å². The molecule has 7 nitrogen and oxygen atoms in total. The van der Waals surface area contributed by atoms with E-state index in [4.69, 9.17) is 0 Å². The lowest BCUT2D eigenvalue weighted by atomic mass is 9.80. The van der Waals surface area contributed by atoms with Crippen molar-refractivity contribution in [3.8, 4) is 0 Å². The van der Waals surface area contributed by atoms with Crippen molar-refractivity contribution in [3.05, 3.63) is 11.6 Å². The first-order valence-corrected chi connectivity index (χ1v) is 9.20. The Morgan fingerprint density at radius 2 is 2.25 bits per heavy atom. The zero-order valence-electron chi connectivity index (χ0n) is 15.0. The van der Waals surface area contributed by atoms with Gasteiger partial charge in [-0.1, -0.05) is 13.8 Å². The Morgan fingerprint density at radius 1 is 1.46 bits per heavy atom. The van der Waals surface area contributed by atoms with Crippen LogP contribution in [-0.2, 0) is 13.0 Å². The Morgan fingerprint density at radius 3 is 2.88 bits per heavy atom. The molecule has 3 N–H and O–H groups in total. The predicted molar refractivity (Wildman–Crippen MR) is 94.1 cm³/mol. The summed E-state index contributed by atoms with van der Waals surface area (Å²) in [6.45, 7) is 8.39. The molecule has 134 valence electrons. The van der Waals surface area contributed by atoms with Gasteiger partial charge in [-0.05, 0) is 32.6 Å². The monoisotopic (exact) mass is 334 g/mol. The number of rotatable bonds is 5. The van der Waals surface area contributed by atoms with Crippen LogP contribution >= 0.6 is 0 Å². The second-order valence-electron chi connectivity index (χ2n) is 7.38. The smallest absolute Gasteiger partial charge is 0.191 e. The van der Waals surface area contributed by atoms with Crippen molar-refractivity contribution in [1.29, 1.82) is 0 Å². The molecule has 1 aromatic rings. The topological polar surface area (TPSA) is 87.4 Å². The number of fused-ring (bicyclic) bond motifs is 1. The minimum Gasteiger partial charge on any atom is -0.388 e. The Balaban J connectivity index is 1.61. The maximum atomic E-state index is 10.2. The van der Waals surface area contributed by atoms with Gasteiger partial charge in [0.15, 0.2) is 11.8 Å². The number of aliphatic hydroxyl groups is 1. The average Bonchev–Trinajstić information content (AvgIpc) is 2.94. The lowest BCUT2D eigenvalue weighted by molar-refractivity contribution is -0.0236. The molecule has 0 bridgehead atoms. The minimum atomic E-state index is -0.583. The van der Waals surface area contributed by atoms with Gasteiger partial charge in [0, 0.05) is 24.9 Å². The summed E-state index contributed by atoms with van der Waals surface area (Å²) in [5.74, 6) is 3.16. The fourth-order valence-corrected chi connectivity index (χ4v) is 3.17. The summed E-state index contributed by atoms with van der Waals surface area (Å²) in [6.07, 6.45) is 4.77. The van der Waals surface area contributed by atoms with Crippen LogP contribution in [0.25, 0.3) is 0 Å². The van der Waals surface area contributed by atoms with Gasteiger partial charge in [-0.3, -0.25) is 4.99 Å². The van der Waals surface area contributed by atoms with E-state index in [1.54, 1.807) is 0 Å². The van der Waals surface area contributed by atoms with E-state index >= 15 is 0 Å². The molecule has 1 saturated carbocycles. The number of hydrogen-bond acceptors (Lipinski definition) is 4. The first-order valence-electron chi connectivity index (χ1n) is 9.20. The van der Waals surface area contributed by atoms with Crippen LogP contribution in [0.3, 0.4) is 0 Å². The van der Waals surface area contributed by atoms with Gasteiger partial charge in [0.1, 0.15) is 5.82 Å². The summed E-state index contributed by atoms with van der Waals surface area (Å²) in [5, 5.41) is 21.6. The number of hydrogen-bond donors (Lipinski definition) is 3. The van der Waals surface area contributed by atoms with Crippen LogP contribution in [0.15, 0.2) is 4.99 Å². The molecule has 0 aromatic carbocycles. The van der Waals surface area contributed by atoms with E-state index in [0.29, 0.717) is 12.5 Å². The summed E-state index contributed by atoms with van der Waals surface area (Å²) in [6, 6.07) is 0.285. The van der Waals surface area contributed by atoms with Crippen LogP contribution in [0.1, 0.15) is 64.0 Å². The maximum Gasteiger partial charge on any atom is 0.191 e. The first kappa shape index (κ1) is 17.2. The zero-order valence-corrected chi connectivity index (χ0v) is 15.0. The van der Waals surface area contributed by atoms with E-state index in [1.165, 1.54) is 0 Å². The van der Waals surface area contributed by atoms with Gasteiger partial charge in [-0.25, -0.2) is 9.67 Å². The fourth-order valence-electron chi connectivity index (χ4n) is 3.17. The molecule has 1 atom stereocenters. The van der Waals surface area contributed by atoms with Crippen molar-refractivity contribution in [2.75, 3.05) is 13.1 Å². The van der Waals surface area contributed by atoms with Gasteiger partial charge >= 0.3 is 0 Å². The van der Waals surface area contributed by atoms with Crippen molar-refractivity contribution >= 4 is 5.96 Å². The second-order valence-corrected chi connectivity index (χ2v) is 7.38. The van der Waals surface area contributed by atoms with E-state index in [9.17, 15) is 5.11 Å². The van der Waals surface area contributed by atoms with Crippen molar-refractivity contribution < 1.29 is 5.11 Å². The van der Waals surface area contributed by atoms with Gasteiger partial charge in [0.2, 0.25) is 0 Å². The molecule has 1 aliphatic heterocycles. The van der Waals surface area contributed by atoms with Crippen molar-refractivity contribution in [1.82, 2.24) is 25.4 Å². The normalized spacial score (nSPS) is 22.9. The highest BCUT2D eigenvalue weighted by Gasteiger charge is 2.34. The SMILES string of the molecule is CCNC(=NCC1(O)CCC1)NC1CCc2nc(C(C)C)nn2C1. The highest BCUT2D eigenvalue weighted by molar-refractivity contribution is 5.80. The summed E-state index contributed by atoms with van der Waals surface area (Å²) >= 11 is 0. The third-order valence-electron chi connectivity index (χ3n) is 4.89. The van der Waals surface area contributed by atoms with Gasteiger partial charge in [0.25, 0.3) is 0 Å². The van der Waals surface area contributed by atoms with Crippen LogP contribution in [0, 0.1) is 0 Å². The van der Waals surface area contributed by atoms with E-state index < -0.39 is 5.60 Å². The molecule has 0 amide bonds. The number of nitrogens with one attached hydrogen (secondary N) is 2. The molecule has 7 heteroatoms. The van der Waals surface area contributed by atoms with Gasteiger partial charge in [-0.15, -0.1) is 0 Å². The van der Waals surface area contributed by atoms with Crippen LogP contribution in [0.4, 0.5) is 0 Å². The molecule has 3 rings (SSSR count). The third kappa shape index (κ3) is 3.88. The third-order valence-corrected chi connectivity index (χ3v) is 4.89. The number of aromatic nitrogens is 3. The maximum absolute atomic E-state index is 10.2. The fraction of sp³-hybridized carbons (Fsp3) is 0.824. The number of aryl methyl sites for hydroxylation is 1. The van der Waals surface area contributed by atoms with E-state index in [-0.39, 0.29) is 6.04 Å². The van der Waals surface area contributed by atoms with Crippen LogP contribution in [-0.4, -0.2) is 50.6 Å². The summed E-state index contributed by atoms with van der Waals surface area (Å²) in [5.41, 5.74) is -0.583. The molecule has 0 radical (unpaired) electrons. The molecular formula is C17H30N6O. The Bertz CT molecular complexity index is 590. The highest BCUT2D eigenvalue weighted by Crippen LogP contribution is 2.31. The lowest BCUT2D eigenvalue weighted by Crippen LogP contribution is -2.48. The zero-order chi connectivity index (χ0) is 17.2. The van der Waals surface area contributed by atoms with E-state index in [2.05, 4.69) is 46.5 Å². The molecule has 1 aromatic heterocycles. The Kier molecular flexibility index (Phi) is 5.08. The average molecular weight is 334 g/mol. The van der Waals surface area contributed by atoms with Crippen LogP contribution < -0.4 is 10.6 Å². The molecular weight excluding hydrogens is 304 g/mol. The quantitative estimate of drug-likeness (QED) is 0.556. The van der Waals surface area contributed by atoms with Gasteiger partial charge in [-0.2, -0.15) is 5.10 Å². The van der Waals surface area contributed by atoms with Crippen LogP contribution in [0.5, 0.6) is 0 Å². The van der Waals surface area contributed by atoms with E-state index in [1.807, 2.05) is 4.68 Å². The summed E-state index contributed by atoms with van der Waals surface area (Å²) in [7, 11) is 0. The van der Waals surface area contributed by atoms with Crippen molar-refractivity contribution in [3.63, 3.8) is 0 Å². The molecule has 0 saturated heterocycles. The minimum absolute atomic E-state index is 0.285. The Hall–Kier alpha value is -1.63. The molecule has 1 fully saturated rings. The molecule has 2 aliphatic rings. The molecule has 1 aliphatic carbocycles. The second kappa shape index (κ2) is 7.09. The van der Waals surface area contributed by atoms with E-state index in [0.717, 1.165) is 62.8 Å². The van der Waals surface area contributed by atoms with Crippen molar-refractivity contribution in [2.24, 2.45) is 4.99 Å². The Labute approximate surface area is 144 Å². The first-order chi connectivity index (χ1) is 11.5. The number of nitrogens with zero attached hydrogens (tertiary/aromatic N) is 4. The van der Waals surface area contributed by atoms with Gasteiger partial charge in [0.05, 0.1) is 18.7 Å². The lowest BCUT2D eigenvalue weighted by Gasteiger charge is -2.35. The highest BCUT2D eigenvalue weighted by atomic mass is 16.3. The predicted octanol–water partition coefficient (Wildman–Crippen LogP) is 1.19.